The van der Waals surface area contributed by atoms with Gasteiger partial charge in [-0.2, -0.15) is 17.5 Å². The van der Waals surface area contributed by atoms with Crippen LogP contribution in [-0.4, -0.2) is 48.1 Å². The molecule has 2 aromatic carbocycles. The van der Waals surface area contributed by atoms with Crippen molar-refractivity contribution in [1.82, 2.24) is 14.9 Å². The molecule has 0 aromatic heterocycles. The largest absolute Gasteiger partial charge is 0.416 e. The summed E-state index contributed by atoms with van der Waals surface area (Å²) in [7, 11) is -4.13. The molecule has 42 heavy (non-hydrogen) atoms. The monoisotopic (exact) mass is 606 g/mol. The molecule has 7 nitrogen and oxygen atoms in total. The van der Waals surface area contributed by atoms with E-state index in [0.717, 1.165) is 37.1 Å². The second kappa shape index (κ2) is 9.77. The molecule has 0 saturated heterocycles. The standard InChI is InChI=1S/C30H34F4N4O3S/c1-27(2)24(25(39)35-14-19-4-3-5-19)36-26(37-27)28-16-29(17-28,18-28)38(42(40,41)23-12-10-22(31)11-13-23)15-20-6-8-21(9-7-20)30(32,33)34/h6-13,19,24H,3-5,14-18H2,1-2H3,(H,35,39)(H,36,37). The van der Waals surface area contributed by atoms with Gasteiger partial charge in [0.05, 0.1) is 16.0 Å². The molecule has 1 atom stereocenters. The van der Waals surface area contributed by atoms with Crippen molar-refractivity contribution in [3.63, 3.8) is 0 Å². The Morgan fingerprint density at radius 1 is 1.05 bits per heavy atom. The lowest BCUT2D eigenvalue weighted by Gasteiger charge is -2.72. The first-order valence-electron chi connectivity index (χ1n) is 14.2. The molecule has 2 bridgehead atoms. The van der Waals surface area contributed by atoms with Crippen molar-refractivity contribution in [3.8, 4) is 0 Å². The Labute approximate surface area is 242 Å². The van der Waals surface area contributed by atoms with E-state index in [1.54, 1.807) is 0 Å². The Bertz CT molecular complexity index is 1500. The number of hydrogen-bond donors (Lipinski definition) is 2. The SMILES string of the molecule is CC1(C)N=C(C23CC(N(Cc4ccc(C(F)(F)F)cc4)S(=O)(=O)c4ccc(F)cc4)(C2)C3)NC1C(=O)NCC1CCC1. The van der Waals surface area contributed by atoms with Crippen molar-refractivity contribution in [2.24, 2.45) is 16.3 Å². The van der Waals surface area contributed by atoms with Gasteiger partial charge in [-0.15, -0.1) is 0 Å². The molecule has 0 spiro atoms. The molecule has 1 amide bonds. The number of halogens is 4. The first-order valence-corrected chi connectivity index (χ1v) is 15.7. The van der Waals surface area contributed by atoms with Crippen LogP contribution in [0, 0.1) is 17.2 Å². The Balaban J connectivity index is 1.22. The summed E-state index contributed by atoms with van der Waals surface area (Å²) in [5, 5.41) is 6.40. The molecule has 226 valence electrons. The minimum atomic E-state index is -4.51. The van der Waals surface area contributed by atoms with Gasteiger partial charge in [0.25, 0.3) is 0 Å². The molecule has 5 aliphatic rings. The number of amides is 1. The van der Waals surface area contributed by atoms with E-state index < -0.39 is 50.1 Å². The molecular weight excluding hydrogens is 572 g/mol. The van der Waals surface area contributed by atoms with E-state index in [0.29, 0.717) is 43.1 Å². The average molecular weight is 607 g/mol. The maximum atomic E-state index is 13.9. The first-order chi connectivity index (χ1) is 19.6. The summed E-state index contributed by atoms with van der Waals surface area (Å²) in [4.78, 5) is 17.8. The first kappa shape index (κ1) is 29.1. The van der Waals surface area contributed by atoms with Gasteiger partial charge >= 0.3 is 6.18 Å². The predicted octanol–water partition coefficient (Wildman–Crippen LogP) is 5.02. The number of hydrogen-bond acceptors (Lipinski definition) is 5. The zero-order chi connectivity index (χ0) is 30.1. The number of rotatable bonds is 9. The molecular formula is C30H34F4N4O3S. The van der Waals surface area contributed by atoms with E-state index in [9.17, 15) is 30.8 Å². The summed E-state index contributed by atoms with van der Waals surface area (Å²) in [6, 6.07) is 8.46. The molecule has 0 radical (unpaired) electrons. The molecule has 4 fully saturated rings. The van der Waals surface area contributed by atoms with Gasteiger partial charge in [-0.3, -0.25) is 9.79 Å². The minimum Gasteiger partial charge on any atom is -0.360 e. The Morgan fingerprint density at radius 2 is 1.67 bits per heavy atom. The predicted molar refractivity (Wildman–Crippen MR) is 148 cm³/mol. The normalized spacial score (nSPS) is 28.3. The van der Waals surface area contributed by atoms with Gasteiger partial charge in [-0.1, -0.05) is 18.6 Å². The average Bonchev–Trinajstić information content (AvgIpc) is 3.15. The lowest BCUT2D eigenvalue weighted by atomic mass is 9.38. The fourth-order valence-electron chi connectivity index (χ4n) is 6.86. The van der Waals surface area contributed by atoms with Crippen LogP contribution < -0.4 is 10.6 Å². The Kier molecular flexibility index (Phi) is 6.77. The van der Waals surface area contributed by atoms with Gasteiger partial charge in [0, 0.05) is 24.0 Å². The number of carbonyl (C=O) groups excluding carboxylic acids is 1. The maximum Gasteiger partial charge on any atom is 0.416 e. The summed E-state index contributed by atoms with van der Waals surface area (Å²) in [5.41, 5.74) is -2.26. The van der Waals surface area contributed by atoms with Gasteiger partial charge in [-0.05, 0) is 93.8 Å². The van der Waals surface area contributed by atoms with E-state index in [1.807, 2.05) is 13.8 Å². The molecule has 7 rings (SSSR count). The highest BCUT2D eigenvalue weighted by Gasteiger charge is 2.75. The van der Waals surface area contributed by atoms with Crippen molar-refractivity contribution in [3.05, 3.63) is 65.5 Å². The highest BCUT2D eigenvalue weighted by Crippen LogP contribution is 2.71. The number of nitrogens with zero attached hydrogens (tertiary/aromatic N) is 2. The van der Waals surface area contributed by atoms with Crippen molar-refractivity contribution < 1.29 is 30.8 Å². The van der Waals surface area contributed by atoms with Crippen LogP contribution in [0.3, 0.4) is 0 Å². The van der Waals surface area contributed by atoms with Crippen LogP contribution in [0.4, 0.5) is 17.6 Å². The molecule has 2 aromatic rings. The number of nitrogens with one attached hydrogen (secondary N) is 2. The Hall–Kier alpha value is -2.99. The summed E-state index contributed by atoms with van der Waals surface area (Å²) in [6.45, 7) is 4.32. The third-order valence-corrected chi connectivity index (χ3v) is 11.4. The van der Waals surface area contributed by atoms with E-state index in [-0.39, 0.29) is 17.3 Å². The lowest BCUT2D eigenvalue weighted by Crippen LogP contribution is -2.78. The minimum absolute atomic E-state index is 0.0877. The van der Waals surface area contributed by atoms with Crippen molar-refractivity contribution in [2.75, 3.05) is 6.54 Å². The van der Waals surface area contributed by atoms with Gasteiger partial charge in [0.1, 0.15) is 17.7 Å². The molecule has 1 heterocycles. The summed E-state index contributed by atoms with van der Waals surface area (Å²) in [5.74, 6) is 0.545. The number of amidine groups is 1. The third-order valence-electron chi connectivity index (χ3n) is 9.48. The number of benzene rings is 2. The van der Waals surface area contributed by atoms with Gasteiger partial charge in [0.2, 0.25) is 15.9 Å². The Morgan fingerprint density at radius 3 is 2.21 bits per heavy atom. The van der Waals surface area contributed by atoms with Crippen LogP contribution in [0.2, 0.25) is 0 Å². The number of aliphatic imine (C=N–C) groups is 1. The van der Waals surface area contributed by atoms with E-state index in [4.69, 9.17) is 4.99 Å². The fourth-order valence-corrected chi connectivity index (χ4v) is 8.61. The zero-order valence-corrected chi connectivity index (χ0v) is 24.3. The molecule has 4 saturated carbocycles. The summed E-state index contributed by atoms with van der Waals surface area (Å²) in [6.07, 6.45) is 0.306. The molecule has 1 aliphatic heterocycles. The van der Waals surface area contributed by atoms with Crippen LogP contribution in [0.25, 0.3) is 0 Å². The van der Waals surface area contributed by atoms with Crippen LogP contribution in [0.15, 0.2) is 58.4 Å². The highest BCUT2D eigenvalue weighted by atomic mass is 32.2. The second-order valence-corrected chi connectivity index (χ2v) is 14.8. The van der Waals surface area contributed by atoms with Gasteiger partial charge < -0.3 is 10.6 Å². The van der Waals surface area contributed by atoms with Crippen molar-refractivity contribution >= 4 is 21.8 Å². The van der Waals surface area contributed by atoms with Gasteiger partial charge in [0.15, 0.2) is 0 Å². The molecule has 2 N–H and O–H groups in total. The molecule has 12 heteroatoms. The van der Waals surface area contributed by atoms with Crippen molar-refractivity contribution in [1.29, 1.82) is 0 Å². The number of alkyl halides is 3. The zero-order valence-electron chi connectivity index (χ0n) is 23.5. The fraction of sp³-hybridized carbons (Fsp3) is 0.533. The van der Waals surface area contributed by atoms with Gasteiger partial charge in [-0.25, -0.2) is 12.8 Å². The number of sulfonamides is 1. The van der Waals surface area contributed by atoms with E-state index in [2.05, 4.69) is 10.6 Å². The number of carbonyl (C=O) groups is 1. The summed E-state index contributed by atoms with van der Waals surface area (Å²) >= 11 is 0. The van der Waals surface area contributed by atoms with E-state index >= 15 is 0 Å². The van der Waals surface area contributed by atoms with Crippen LogP contribution in [0.5, 0.6) is 0 Å². The van der Waals surface area contributed by atoms with Crippen LogP contribution in [0.1, 0.15) is 63.5 Å². The van der Waals surface area contributed by atoms with E-state index in [1.165, 1.54) is 35.0 Å². The van der Waals surface area contributed by atoms with Crippen molar-refractivity contribution in [2.45, 2.75) is 87.1 Å². The topological polar surface area (TPSA) is 90.9 Å². The third kappa shape index (κ3) is 4.90. The smallest absolute Gasteiger partial charge is 0.360 e. The lowest BCUT2D eigenvalue weighted by molar-refractivity contribution is -0.151. The van der Waals surface area contributed by atoms with Crippen LogP contribution >= 0.6 is 0 Å². The van der Waals surface area contributed by atoms with Crippen LogP contribution in [-0.2, 0) is 27.5 Å². The quantitative estimate of drug-likeness (QED) is 0.392. The molecule has 1 unspecified atom stereocenters. The summed E-state index contributed by atoms with van der Waals surface area (Å²) < 4.78 is 82.1. The second-order valence-electron chi connectivity index (χ2n) is 12.9. The highest BCUT2D eigenvalue weighted by molar-refractivity contribution is 7.89. The molecule has 4 aliphatic carbocycles. The maximum absolute atomic E-state index is 13.9.